The van der Waals surface area contributed by atoms with Crippen LogP contribution in [0.25, 0.3) is 11.3 Å². The number of fused-ring (bicyclic) bond motifs is 1. The Labute approximate surface area is 186 Å². The smallest absolute Gasteiger partial charge is 0.260 e. The molecule has 1 aliphatic heterocycles. The minimum Gasteiger partial charge on any atom is -0.497 e. The van der Waals surface area contributed by atoms with Gasteiger partial charge in [-0.1, -0.05) is 25.9 Å². The second-order valence-corrected chi connectivity index (χ2v) is 8.91. The molecule has 1 aromatic heterocycles. The minimum atomic E-state index is -0.301. The maximum atomic E-state index is 13.2. The fraction of sp³-hybridized carbons (Fsp3) is 0.360. The highest BCUT2D eigenvalue weighted by molar-refractivity contribution is 5.78. The quantitative estimate of drug-likeness (QED) is 0.575. The molecule has 0 atom stereocenters. The molecule has 6 nitrogen and oxygen atoms in total. The van der Waals surface area contributed by atoms with Gasteiger partial charge in [0.15, 0.2) is 12.4 Å². The van der Waals surface area contributed by atoms with Gasteiger partial charge in [-0.05, 0) is 54.3 Å². The van der Waals surface area contributed by atoms with Crippen molar-refractivity contribution in [2.24, 2.45) is 0 Å². The summed E-state index contributed by atoms with van der Waals surface area (Å²) in [5, 5.41) is 4.15. The van der Waals surface area contributed by atoms with Crippen LogP contribution in [0, 0.1) is 5.82 Å². The van der Waals surface area contributed by atoms with Crippen LogP contribution in [0.4, 0.5) is 4.39 Å². The summed E-state index contributed by atoms with van der Waals surface area (Å²) in [6.07, 6.45) is 0.618. The predicted octanol–water partition coefficient (Wildman–Crippen LogP) is 4.75. The lowest BCUT2D eigenvalue weighted by atomic mass is 9.86. The summed E-state index contributed by atoms with van der Waals surface area (Å²) in [6, 6.07) is 11.7. The van der Waals surface area contributed by atoms with E-state index in [9.17, 15) is 9.18 Å². The highest BCUT2D eigenvalue weighted by Gasteiger charge is 2.28. The molecule has 32 heavy (non-hydrogen) atoms. The van der Waals surface area contributed by atoms with Crippen LogP contribution >= 0.6 is 0 Å². The van der Waals surface area contributed by atoms with Crippen molar-refractivity contribution < 1.29 is 23.2 Å². The Hall–Kier alpha value is -3.35. The number of nitrogens with zero attached hydrogens (tertiary/aromatic N) is 2. The van der Waals surface area contributed by atoms with Gasteiger partial charge >= 0.3 is 0 Å². The minimum absolute atomic E-state index is 0.0621. The van der Waals surface area contributed by atoms with Crippen LogP contribution in [0.3, 0.4) is 0 Å². The highest BCUT2D eigenvalue weighted by atomic mass is 19.1. The van der Waals surface area contributed by atoms with Gasteiger partial charge in [0.2, 0.25) is 0 Å². The van der Waals surface area contributed by atoms with E-state index in [0.717, 1.165) is 28.1 Å². The van der Waals surface area contributed by atoms with Gasteiger partial charge in [-0.25, -0.2) is 4.39 Å². The van der Waals surface area contributed by atoms with Gasteiger partial charge in [-0.3, -0.25) is 4.79 Å². The van der Waals surface area contributed by atoms with E-state index in [-0.39, 0.29) is 23.7 Å². The maximum Gasteiger partial charge on any atom is 0.260 e. The molecule has 3 aromatic rings. The lowest BCUT2D eigenvalue weighted by molar-refractivity contribution is -0.134. The normalized spacial score (nSPS) is 13.6. The van der Waals surface area contributed by atoms with E-state index in [0.29, 0.717) is 31.0 Å². The molecule has 0 unspecified atom stereocenters. The summed E-state index contributed by atoms with van der Waals surface area (Å²) >= 11 is 0. The van der Waals surface area contributed by atoms with E-state index >= 15 is 0 Å². The van der Waals surface area contributed by atoms with Crippen molar-refractivity contribution in [1.82, 2.24) is 10.1 Å². The second-order valence-electron chi connectivity index (χ2n) is 8.91. The van der Waals surface area contributed by atoms with Crippen molar-refractivity contribution in [1.29, 1.82) is 0 Å². The summed E-state index contributed by atoms with van der Waals surface area (Å²) in [4.78, 5) is 14.6. The first-order valence-electron chi connectivity index (χ1n) is 10.6. The van der Waals surface area contributed by atoms with E-state index in [2.05, 4.69) is 25.9 Å². The number of carbonyl (C=O) groups excluding carboxylic acids is 1. The number of aromatic nitrogens is 1. The lowest BCUT2D eigenvalue weighted by Crippen LogP contribution is -2.39. The monoisotopic (exact) mass is 438 g/mol. The number of rotatable bonds is 5. The maximum absolute atomic E-state index is 13.2. The first-order chi connectivity index (χ1) is 15.3. The van der Waals surface area contributed by atoms with E-state index in [1.807, 2.05) is 18.2 Å². The number of hydrogen-bond acceptors (Lipinski definition) is 5. The number of hydrogen-bond donors (Lipinski definition) is 0. The van der Waals surface area contributed by atoms with Crippen LogP contribution in [0.5, 0.6) is 11.5 Å². The number of halogens is 1. The Balaban J connectivity index is 1.44. The fourth-order valence-corrected chi connectivity index (χ4v) is 3.85. The Bertz CT molecular complexity index is 1120. The summed E-state index contributed by atoms with van der Waals surface area (Å²) < 4.78 is 30.0. The average molecular weight is 438 g/mol. The van der Waals surface area contributed by atoms with Crippen LogP contribution in [-0.2, 0) is 23.2 Å². The predicted molar refractivity (Wildman–Crippen MR) is 118 cm³/mol. The highest BCUT2D eigenvalue weighted by Crippen LogP contribution is 2.35. The summed E-state index contributed by atoms with van der Waals surface area (Å²) in [7, 11) is 1.63. The van der Waals surface area contributed by atoms with Crippen molar-refractivity contribution in [2.75, 3.05) is 20.3 Å². The topological polar surface area (TPSA) is 64.8 Å². The molecule has 2 heterocycles. The molecule has 168 valence electrons. The molecule has 7 heteroatoms. The van der Waals surface area contributed by atoms with Gasteiger partial charge in [0.05, 0.1) is 13.7 Å². The number of benzene rings is 2. The number of amides is 1. The molecule has 0 saturated carbocycles. The van der Waals surface area contributed by atoms with Crippen LogP contribution in [0.2, 0.25) is 0 Å². The number of ether oxygens (including phenoxy) is 2. The Morgan fingerprint density at radius 3 is 2.62 bits per heavy atom. The number of carbonyl (C=O) groups is 1. The molecule has 0 fully saturated rings. The first kappa shape index (κ1) is 21.9. The molecule has 0 saturated heterocycles. The molecule has 0 radical (unpaired) electrons. The van der Waals surface area contributed by atoms with Crippen LogP contribution in [-0.4, -0.2) is 36.2 Å². The molecule has 0 bridgehead atoms. The average Bonchev–Trinajstić information content (AvgIpc) is 3.20. The van der Waals surface area contributed by atoms with Gasteiger partial charge in [0, 0.05) is 23.2 Å². The largest absolute Gasteiger partial charge is 0.497 e. The summed E-state index contributed by atoms with van der Waals surface area (Å²) in [5.74, 6) is 1.64. The zero-order chi connectivity index (χ0) is 22.9. The van der Waals surface area contributed by atoms with Gasteiger partial charge in [-0.15, -0.1) is 0 Å². The molecule has 0 aliphatic carbocycles. The molecular weight excluding hydrogens is 411 g/mol. The molecule has 1 amide bonds. The third-order valence-electron chi connectivity index (χ3n) is 5.65. The van der Waals surface area contributed by atoms with Crippen molar-refractivity contribution in [3.63, 3.8) is 0 Å². The van der Waals surface area contributed by atoms with Crippen LogP contribution in [0.15, 0.2) is 47.0 Å². The van der Waals surface area contributed by atoms with E-state index in [4.69, 9.17) is 14.0 Å². The van der Waals surface area contributed by atoms with Crippen molar-refractivity contribution in [3.05, 3.63) is 65.1 Å². The molecule has 0 N–H and O–H groups in total. The molecule has 1 aliphatic rings. The van der Waals surface area contributed by atoms with E-state index < -0.39 is 0 Å². The zero-order valence-electron chi connectivity index (χ0n) is 18.8. The molecule has 0 spiro atoms. The van der Waals surface area contributed by atoms with E-state index in [1.165, 1.54) is 12.1 Å². The fourth-order valence-electron chi connectivity index (χ4n) is 3.85. The summed E-state index contributed by atoms with van der Waals surface area (Å²) in [5.41, 5.74) is 3.28. The third kappa shape index (κ3) is 4.47. The second kappa shape index (κ2) is 8.65. The number of methoxy groups -OCH3 is 1. The van der Waals surface area contributed by atoms with E-state index in [1.54, 1.807) is 24.1 Å². The van der Waals surface area contributed by atoms with Gasteiger partial charge < -0.3 is 18.9 Å². The Morgan fingerprint density at radius 2 is 1.94 bits per heavy atom. The molecular formula is C25H27FN2O4. The first-order valence-corrected chi connectivity index (χ1v) is 10.6. The van der Waals surface area contributed by atoms with Crippen LogP contribution < -0.4 is 9.47 Å². The lowest BCUT2D eigenvalue weighted by Gasteiger charge is -2.27. The molecule has 4 rings (SSSR count). The molecule has 2 aromatic carbocycles. The third-order valence-corrected chi connectivity index (χ3v) is 5.65. The van der Waals surface area contributed by atoms with Crippen molar-refractivity contribution in [3.8, 4) is 22.8 Å². The standard InChI is InChI=1S/C25H27FN2O4/c1-25(2,3)20-13-18(30-4)9-10-22(20)31-15-23(29)28-12-11-19-21(14-28)27-32-24(19)16-5-7-17(26)8-6-16/h5-10,13H,11-12,14-15H2,1-4H3. The Kier molecular flexibility index (Phi) is 5.91. The summed E-state index contributed by atoms with van der Waals surface area (Å²) in [6.45, 7) is 7.10. The van der Waals surface area contributed by atoms with Crippen molar-refractivity contribution in [2.45, 2.75) is 39.2 Å². The van der Waals surface area contributed by atoms with Gasteiger partial charge in [0.1, 0.15) is 23.0 Å². The SMILES string of the molecule is COc1ccc(OCC(=O)N2CCc3c(noc3-c3ccc(F)cc3)C2)c(C(C)(C)C)c1. The van der Waals surface area contributed by atoms with Gasteiger partial charge in [-0.2, -0.15) is 0 Å². The zero-order valence-corrected chi connectivity index (χ0v) is 18.8. The van der Waals surface area contributed by atoms with Crippen molar-refractivity contribution >= 4 is 5.91 Å². The van der Waals surface area contributed by atoms with Gasteiger partial charge in [0.25, 0.3) is 5.91 Å². The van der Waals surface area contributed by atoms with Crippen LogP contribution in [0.1, 0.15) is 37.6 Å². The Morgan fingerprint density at radius 1 is 1.19 bits per heavy atom.